The molecule has 11 heavy (non-hydrogen) atoms. The lowest BCUT2D eigenvalue weighted by Crippen LogP contribution is -2.22. The number of carbonyl (C=O) groups excluding carboxylic acids is 2. The number of amides is 1. The number of hydrogen-bond donors (Lipinski definition) is 2. The van der Waals surface area contributed by atoms with E-state index in [0.29, 0.717) is 12.4 Å². The summed E-state index contributed by atoms with van der Waals surface area (Å²) in [5, 5.41) is 10.2. The normalized spacial score (nSPS) is 9.45. The predicted octanol–water partition coefficient (Wildman–Crippen LogP) is -1.06. The van der Waals surface area contributed by atoms with E-state index in [2.05, 4.69) is 5.32 Å². The van der Waals surface area contributed by atoms with Crippen LogP contribution in [0.2, 0.25) is 0 Å². The molecule has 60 valence electrons. The molecule has 0 fully saturated rings. The van der Waals surface area contributed by atoms with Gasteiger partial charge in [-0.15, -0.1) is 0 Å². The Morgan fingerprint density at radius 3 is 2.45 bits per heavy atom. The van der Waals surface area contributed by atoms with Gasteiger partial charge in [0.05, 0.1) is 6.54 Å². The Balaban J connectivity index is 3.68. The maximum Gasteiger partial charge on any atom is 0.328 e. The Kier molecular flexibility index (Phi) is 4.39. The number of hydrogen-bond acceptors (Lipinski definition) is 3. The van der Waals surface area contributed by atoms with E-state index in [1.54, 1.807) is 0 Å². The lowest BCUT2D eigenvalue weighted by Gasteiger charge is -1.91. The van der Waals surface area contributed by atoms with E-state index in [1.165, 1.54) is 0 Å². The Labute approximate surface area is 62.7 Å². The van der Waals surface area contributed by atoms with Gasteiger partial charge in [0, 0.05) is 12.2 Å². The largest absolute Gasteiger partial charge is 0.478 e. The summed E-state index contributed by atoms with van der Waals surface area (Å²) in [6.45, 7) is -0.108. The summed E-state index contributed by atoms with van der Waals surface area (Å²) in [6.07, 6.45) is 2.04. The minimum atomic E-state index is -1.20. The van der Waals surface area contributed by atoms with Crippen LogP contribution in [-0.2, 0) is 14.4 Å². The summed E-state index contributed by atoms with van der Waals surface area (Å²) < 4.78 is 0. The van der Waals surface area contributed by atoms with Crippen molar-refractivity contribution in [2.45, 2.75) is 0 Å². The van der Waals surface area contributed by atoms with Crippen molar-refractivity contribution in [2.24, 2.45) is 0 Å². The molecule has 0 unspecified atom stereocenters. The summed E-state index contributed by atoms with van der Waals surface area (Å²) in [5.41, 5.74) is 0. The Bertz CT molecular complexity index is 197. The van der Waals surface area contributed by atoms with Gasteiger partial charge in [0.15, 0.2) is 0 Å². The zero-order chi connectivity index (χ0) is 8.69. The smallest absolute Gasteiger partial charge is 0.328 e. The zero-order valence-electron chi connectivity index (χ0n) is 5.61. The van der Waals surface area contributed by atoms with Crippen molar-refractivity contribution in [2.75, 3.05) is 6.54 Å². The molecule has 0 rings (SSSR count). The number of aliphatic carboxylic acids is 1. The first-order chi connectivity index (χ1) is 5.16. The van der Waals surface area contributed by atoms with Gasteiger partial charge in [0.1, 0.15) is 6.29 Å². The van der Waals surface area contributed by atoms with Crippen LogP contribution in [0.1, 0.15) is 0 Å². The van der Waals surface area contributed by atoms with Crippen LogP contribution in [0.25, 0.3) is 0 Å². The highest BCUT2D eigenvalue weighted by Gasteiger charge is 1.93. The molecule has 0 saturated heterocycles. The molecule has 0 aromatic carbocycles. The van der Waals surface area contributed by atoms with Crippen LogP contribution in [0.4, 0.5) is 0 Å². The molecule has 0 aliphatic carbocycles. The monoisotopic (exact) mass is 157 g/mol. The first-order valence-electron chi connectivity index (χ1n) is 2.79. The molecular weight excluding hydrogens is 150 g/mol. The van der Waals surface area contributed by atoms with Gasteiger partial charge < -0.3 is 15.2 Å². The summed E-state index contributed by atoms with van der Waals surface area (Å²) in [6, 6.07) is 0. The molecule has 0 radical (unpaired) electrons. The number of rotatable bonds is 4. The fourth-order valence-electron chi connectivity index (χ4n) is 0.348. The SMILES string of the molecule is O=CCNC(=O)/C=C\C(=O)O. The lowest BCUT2D eigenvalue weighted by molar-refractivity contribution is -0.131. The van der Waals surface area contributed by atoms with Crippen molar-refractivity contribution in [1.82, 2.24) is 5.32 Å². The van der Waals surface area contributed by atoms with E-state index in [9.17, 15) is 14.4 Å². The fraction of sp³-hybridized carbons (Fsp3) is 0.167. The molecular formula is C6H7NO4. The number of carboxylic acid groups (broad SMARTS) is 1. The Morgan fingerprint density at radius 2 is 2.00 bits per heavy atom. The van der Waals surface area contributed by atoms with Crippen molar-refractivity contribution in [3.8, 4) is 0 Å². The summed E-state index contributed by atoms with van der Waals surface area (Å²) in [7, 11) is 0. The van der Waals surface area contributed by atoms with Crippen molar-refractivity contribution in [3.63, 3.8) is 0 Å². The van der Waals surface area contributed by atoms with Crippen LogP contribution in [-0.4, -0.2) is 29.8 Å². The van der Waals surface area contributed by atoms with Gasteiger partial charge in [0.2, 0.25) is 5.91 Å². The van der Waals surface area contributed by atoms with Gasteiger partial charge in [-0.2, -0.15) is 0 Å². The highest BCUT2D eigenvalue weighted by atomic mass is 16.4. The highest BCUT2D eigenvalue weighted by Crippen LogP contribution is 1.72. The molecule has 1 amide bonds. The van der Waals surface area contributed by atoms with E-state index in [1.807, 2.05) is 0 Å². The van der Waals surface area contributed by atoms with Gasteiger partial charge in [-0.3, -0.25) is 4.79 Å². The molecule has 0 aromatic heterocycles. The van der Waals surface area contributed by atoms with E-state index < -0.39 is 11.9 Å². The van der Waals surface area contributed by atoms with Gasteiger partial charge in [-0.1, -0.05) is 0 Å². The number of aldehydes is 1. The lowest BCUT2D eigenvalue weighted by atomic mass is 10.4. The first-order valence-corrected chi connectivity index (χ1v) is 2.79. The second-order valence-electron chi connectivity index (χ2n) is 1.58. The standard InChI is InChI=1S/C6H7NO4/c8-4-3-7-5(9)1-2-6(10)11/h1-2,4H,3H2,(H,7,9)(H,10,11)/b2-1-. The van der Waals surface area contributed by atoms with Crippen molar-refractivity contribution >= 4 is 18.2 Å². The Hall–Kier alpha value is -1.65. The van der Waals surface area contributed by atoms with Crippen LogP contribution in [0, 0.1) is 0 Å². The summed E-state index contributed by atoms with van der Waals surface area (Å²) >= 11 is 0. The third kappa shape index (κ3) is 6.23. The van der Waals surface area contributed by atoms with E-state index in [-0.39, 0.29) is 6.54 Å². The minimum Gasteiger partial charge on any atom is -0.478 e. The average molecular weight is 157 g/mol. The van der Waals surface area contributed by atoms with E-state index in [4.69, 9.17) is 5.11 Å². The van der Waals surface area contributed by atoms with Gasteiger partial charge in [0.25, 0.3) is 0 Å². The average Bonchev–Trinajstić information content (AvgIpc) is 1.97. The number of carboxylic acids is 1. The molecule has 2 N–H and O–H groups in total. The first kappa shape index (κ1) is 9.35. The highest BCUT2D eigenvalue weighted by molar-refractivity contribution is 5.94. The molecule has 0 aliphatic rings. The van der Waals surface area contributed by atoms with Crippen LogP contribution in [0.15, 0.2) is 12.2 Å². The van der Waals surface area contributed by atoms with Crippen LogP contribution in [0.3, 0.4) is 0 Å². The molecule has 0 atom stereocenters. The zero-order valence-corrected chi connectivity index (χ0v) is 5.61. The quantitative estimate of drug-likeness (QED) is 0.402. The summed E-state index contributed by atoms with van der Waals surface area (Å²) in [4.78, 5) is 30.0. The maximum atomic E-state index is 10.5. The Morgan fingerprint density at radius 1 is 1.36 bits per heavy atom. The van der Waals surface area contributed by atoms with Gasteiger partial charge in [-0.05, 0) is 0 Å². The third-order valence-electron chi connectivity index (χ3n) is 0.737. The second-order valence-corrected chi connectivity index (χ2v) is 1.58. The fourth-order valence-corrected chi connectivity index (χ4v) is 0.348. The molecule has 5 heteroatoms. The molecule has 0 bridgehead atoms. The van der Waals surface area contributed by atoms with Crippen LogP contribution >= 0.6 is 0 Å². The van der Waals surface area contributed by atoms with Gasteiger partial charge in [-0.25, -0.2) is 4.79 Å². The van der Waals surface area contributed by atoms with E-state index in [0.717, 1.165) is 6.08 Å². The molecule has 5 nitrogen and oxygen atoms in total. The second kappa shape index (κ2) is 5.16. The molecule has 0 heterocycles. The van der Waals surface area contributed by atoms with Crippen LogP contribution < -0.4 is 5.32 Å². The summed E-state index contributed by atoms with van der Waals surface area (Å²) in [5.74, 6) is -1.80. The molecule has 0 aliphatic heterocycles. The molecule has 0 saturated carbocycles. The number of carbonyl (C=O) groups is 3. The number of nitrogens with one attached hydrogen (secondary N) is 1. The maximum absolute atomic E-state index is 10.5. The van der Waals surface area contributed by atoms with Crippen molar-refractivity contribution < 1.29 is 19.5 Å². The van der Waals surface area contributed by atoms with Gasteiger partial charge >= 0.3 is 5.97 Å². The van der Waals surface area contributed by atoms with Crippen molar-refractivity contribution in [1.29, 1.82) is 0 Å². The third-order valence-corrected chi connectivity index (χ3v) is 0.737. The van der Waals surface area contributed by atoms with Crippen LogP contribution in [0.5, 0.6) is 0 Å². The van der Waals surface area contributed by atoms with E-state index >= 15 is 0 Å². The van der Waals surface area contributed by atoms with Crippen molar-refractivity contribution in [3.05, 3.63) is 12.2 Å². The topological polar surface area (TPSA) is 83.5 Å². The molecule has 0 aromatic rings. The minimum absolute atomic E-state index is 0.108. The molecule has 0 spiro atoms. The predicted molar refractivity (Wildman–Crippen MR) is 35.8 cm³/mol.